The molecule has 12 heavy (non-hydrogen) atoms. The van der Waals surface area contributed by atoms with Crippen LogP contribution in [0.15, 0.2) is 12.2 Å². The first-order valence-corrected chi connectivity index (χ1v) is 5.15. The minimum atomic E-state index is -0.0283. The molecule has 2 N–H and O–H groups in total. The van der Waals surface area contributed by atoms with E-state index in [4.69, 9.17) is 5.73 Å². The van der Waals surface area contributed by atoms with Crippen molar-refractivity contribution in [1.29, 1.82) is 0 Å². The number of nitrogens with two attached hydrogens (primary N) is 1. The van der Waals surface area contributed by atoms with Gasteiger partial charge in [0.1, 0.15) is 0 Å². The highest BCUT2D eigenvalue weighted by molar-refractivity contribution is 5.03. The van der Waals surface area contributed by atoms with Crippen molar-refractivity contribution in [2.45, 2.75) is 58.4 Å². The number of hydrogen-bond acceptors (Lipinski definition) is 1. The molecular weight excluding hydrogens is 146 g/mol. The number of hydrogen-bond donors (Lipinski definition) is 1. The molecule has 0 bridgehead atoms. The van der Waals surface area contributed by atoms with Gasteiger partial charge in [0.15, 0.2) is 0 Å². The van der Waals surface area contributed by atoms with Crippen LogP contribution in [0.5, 0.6) is 0 Å². The van der Waals surface area contributed by atoms with Crippen LogP contribution in [0, 0.1) is 0 Å². The molecule has 0 rings (SSSR count). The van der Waals surface area contributed by atoms with Gasteiger partial charge in [0.25, 0.3) is 0 Å². The monoisotopic (exact) mass is 169 g/mol. The quantitative estimate of drug-likeness (QED) is 0.607. The van der Waals surface area contributed by atoms with Crippen molar-refractivity contribution in [3.8, 4) is 0 Å². The van der Waals surface area contributed by atoms with E-state index in [1.165, 1.54) is 12.8 Å². The van der Waals surface area contributed by atoms with Crippen LogP contribution in [0.1, 0.15) is 52.9 Å². The molecule has 0 aromatic rings. The maximum absolute atomic E-state index is 6.22. The van der Waals surface area contributed by atoms with Gasteiger partial charge in [-0.15, -0.1) is 0 Å². The van der Waals surface area contributed by atoms with Crippen molar-refractivity contribution < 1.29 is 0 Å². The van der Waals surface area contributed by atoms with E-state index >= 15 is 0 Å². The smallest absolute Gasteiger partial charge is 0.0338 e. The molecule has 0 heterocycles. The van der Waals surface area contributed by atoms with E-state index in [0.717, 1.165) is 19.3 Å². The topological polar surface area (TPSA) is 26.0 Å². The molecule has 0 radical (unpaired) electrons. The van der Waals surface area contributed by atoms with Crippen LogP contribution in [-0.2, 0) is 0 Å². The Morgan fingerprint density at radius 3 is 1.92 bits per heavy atom. The lowest BCUT2D eigenvalue weighted by Crippen LogP contribution is -2.37. The first-order valence-electron chi connectivity index (χ1n) is 5.15. The fourth-order valence-electron chi connectivity index (χ4n) is 1.58. The van der Waals surface area contributed by atoms with Crippen LogP contribution in [0.2, 0.25) is 0 Å². The van der Waals surface area contributed by atoms with Crippen LogP contribution in [0.3, 0.4) is 0 Å². The van der Waals surface area contributed by atoms with Crippen LogP contribution in [-0.4, -0.2) is 5.54 Å². The molecule has 0 spiro atoms. The fourth-order valence-corrected chi connectivity index (χ4v) is 1.58. The van der Waals surface area contributed by atoms with Crippen molar-refractivity contribution in [3.05, 3.63) is 12.2 Å². The first kappa shape index (κ1) is 11.7. The van der Waals surface area contributed by atoms with E-state index in [2.05, 4.69) is 32.9 Å². The summed E-state index contributed by atoms with van der Waals surface area (Å²) >= 11 is 0. The molecule has 1 heteroatoms. The van der Waals surface area contributed by atoms with Gasteiger partial charge in [-0.2, -0.15) is 0 Å². The van der Waals surface area contributed by atoms with Crippen molar-refractivity contribution in [1.82, 2.24) is 0 Å². The van der Waals surface area contributed by atoms with Crippen LogP contribution in [0.25, 0.3) is 0 Å². The minimum Gasteiger partial charge on any atom is -0.322 e. The van der Waals surface area contributed by atoms with Gasteiger partial charge in [-0.05, 0) is 19.3 Å². The van der Waals surface area contributed by atoms with Gasteiger partial charge >= 0.3 is 0 Å². The zero-order chi connectivity index (χ0) is 9.45. The highest BCUT2D eigenvalue weighted by Crippen LogP contribution is 2.18. The second-order valence-electron chi connectivity index (χ2n) is 3.54. The Hall–Kier alpha value is -0.300. The summed E-state index contributed by atoms with van der Waals surface area (Å²) in [6.07, 6.45) is 10.0. The molecule has 0 amide bonds. The van der Waals surface area contributed by atoms with Crippen molar-refractivity contribution in [2.75, 3.05) is 0 Å². The van der Waals surface area contributed by atoms with Gasteiger partial charge in [-0.3, -0.25) is 0 Å². The summed E-state index contributed by atoms with van der Waals surface area (Å²) in [4.78, 5) is 0. The normalized spacial score (nSPS) is 12.7. The Morgan fingerprint density at radius 1 is 1.08 bits per heavy atom. The molecule has 72 valence electrons. The molecule has 0 unspecified atom stereocenters. The highest BCUT2D eigenvalue weighted by atomic mass is 14.7. The summed E-state index contributed by atoms with van der Waals surface area (Å²) in [5.74, 6) is 0. The van der Waals surface area contributed by atoms with Gasteiger partial charge in [-0.25, -0.2) is 0 Å². The summed E-state index contributed by atoms with van der Waals surface area (Å²) in [6, 6.07) is 0. The lowest BCUT2D eigenvalue weighted by Gasteiger charge is -2.24. The SMILES string of the molecule is CC/C=C/C(N)(CCC)CCC. The van der Waals surface area contributed by atoms with E-state index in [9.17, 15) is 0 Å². The van der Waals surface area contributed by atoms with E-state index < -0.39 is 0 Å². The third-order valence-electron chi connectivity index (χ3n) is 2.12. The van der Waals surface area contributed by atoms with E-state index in [-0.39, 0.29) is 5.54 Å². The van der Waals surface area contributed by atoms with Crippen LogP contribution >= 0.6 is 0 Å². The maximum atomic E-state index is 6.22. The average molecular weight is 169 g/mol. The molecule has 0 aliphatic carbocycles. The summed E-state index contributed by atoms with van der Waals surface area (Å²) in [6.45, 7) is 6.53. The Balaban J connectivity index is 4.06. The number of rotatable bonds is 6. The Kier molecular flexibility index (Phi) is 6.09. The second-order valence-corrected chi connectivity index (χ2v) is 3.54. The van der Waals surface area contributed by atoms with Gasteiger partial charge in [-0.1, -0.05) is 45.8 Å². The molecule has 0 saturated carbocycles. The van der Waals surface area contributed by atoms with Crippen molar-refractivity contribution in [2.24, 2.45) is 5.73 Å². The Labute approximate surface area is 77.0 Å². The maximum Gasteiger partial charge on any atom is 0.0338 e. The second kappa shape index (κ2) is 6.24. The summed E-state index contributed by atoms with van der Waals surface area (Å²) in [5, 5.41) is 0. The Bertz CT molecular complexity index is 121. The zero-order valence-electron chi connectivity index (χ0n) is 8.77. The number of allylic oxidation sites excluding steroid dienone is 1. The van der Waals surface area contributed by atoms with E-state index in [1.807, 2.05) is 0 Å². The summed E-state index contributed by atoms with van der Waals surface area (Å²) in [5.41, 5.74) is 6.19. The molecule has 0 fully saturated rings. The molecule has 0 aromatic carbocycles. The predicted octanol–water partition coefficient (Wildman–Crippen LogP) is 3.25. The molecule has 0 aromatic heterocycles. The molecular formula is C11H23N. The lowest BCUT2D eigenvalue weighted by molar-refractivity contribution is 0.439. The third kappa shape index (κ3) is 4.55. The Morgan fingerprint density at radius 2 is 1.58 bits per heavy atom. The highest BCUT2D eigenvalue weighted by Gasteiger charge is 2.18. The zero-order valence-corrected chi connectivity index (χ0v) is 8.77. The van der Waals surface area contributed by atoms with Gasteiger partial charge < -0.3 is 5.73 Å². The van der Waals surface area contributed by atoms with E-state index in [1.54, 1.807) is 0 Å². The van der Waals surface area contributed by atoms with Gasteiger partial charge in [0.05, 0.1) is 0 Å². The lowest BCUT2D eigenvalue weighted by atomic mass is 9.89. The summed E-state index contributed by atoms with van der Waals surface area (Å²) in [7, 11) is 0. The molecule has 0 aliphatic rings. The molecule has 0 saturated heterocycles. The standard InChI is InChI=1S/C11H23N/c1-4-7-10-11(12,8-5-2)9-6-3/h7,10H,4-6,8-9,12H2,1-3H3/b10-7+. The average Bonchev–Trinajstić information content (AvgIpc) is 2.02. The predicted molar refractivity (Wildman–Crippen MR) is 56.2 cm³/mol. The van der Waals surface area contributed by atoms with Gasteiger partial charge in [0, 0.05) is 5.54 Å². The van der Waals surface area contributed by atoms with Crippen molar-refractivity contribution in [3.63, 3.8) is 0 Å². The minimum absolute atomic E-state index is 0.0283. The molecule has 0 aliphatic heterocycles. The molecule has 0 atom stereocenters. The molecule has 1 nitrogen and oxygen atoms in total. The summed E-state index contributed by atoms with van der Waals surface area (Å²) < 4.78 is 0. The van der Waals surface area contributed by atoms with Gasteiger partial charge in [0.2, 0.25) is 0 Å². The van der Waals surface area contributed by atoms with Crippen LogP contribution < -0.4 is 5.73 Å². The first-order chi connectivity index (χ1) is 5.68. The van der Waals surface area contributed by atoms with Crippen LogP contribution in [0.4, 0.5) is 0 Å². The third-order valence-corrected chi connectivity index (χ3v) is 2.12. The van der Waals surface area contributed by atoms with E-state index in [0.29, 0.717) is 0 Å². The largest absolute Gasteiger partial charge is 0.322 e. The van der Waals surface area contributed by atoms with Crippen molar-refractivity contribution >= 4 is 0 Å². The fraction of sp³-hybridized carbons (Fsp3) is 0.818.